The van der Waals surface area contributed by atoms with Gasteiger partial charge in [0.15, 0.2) is 0 Å². The van der Waals surface area contributed by atoms with E-state index >= 15 is 0 Å². The summed E-state index contributed by atoms with van der Waals surface area (Å²) in [6, 6.07) is 5.81. The van der Waals surface area contributed by atoms with Gasteiger partial charge in [0.1, 0.15) is 10.0 Å². The summed E-state index contributed by atoms with van der Waals surface area (Å²) in [5.41, 5.74) is 7.56. The lowest BCUT2D eigenvalue weighted by Gasteiger charge is -1.99. The maximum absolute atomic E-state index is 5.95. The first-order valence-electron chi connectivity index (χ1n) is 4.49. The Morgan fingerprint density at radius 2 is 2.20 bits per heavy atom. The van der Waals surface area contributed by atoms with Gasteiger partial charge in [-0.3, -0.25) is 0 Å². The number of nitrogens with zero attached hydrogens (tertiary/aromatic N) is 2. The van der Waals surface area contributed by atoms with E-state index in [-0.39, 0.29) is 0 Å². The van der Waals surface area contributed by atoms with E-state index in [4.69, 9.17) is 17.3 Å². The number of hydrogen-bond acceptors (Lipinski definition) is 4. The summed E-state index contributed by atoms with van der Waals surface area (Å²) in [5.74, 6) is 0. The van der Waals surface area contributed by atoms with E-state index in [9.17, 15) is 0 Å². The normalized spacial score (nSPS) is 10.6. The number of aryl methyl sites for hydroxylation is 1. The Balaban J connectivity index is 2.40. The summed E-state index contributed by atoms with van der Waals surface area (Å²) < 4.78 is 0. The highest BCUT2D eigenvalue weighted by molar-refractivity contribution is 7.14. The molecule has 0 spiro atoms. The van der Waals surface area contributed by atoms with E-state index in [1.165, 1.54) is 11.3 Å². The van der Waals surface area contributed by atoms with Crippen LogP contribution in [0.1, 0.15) is 10.6 Å². The van der Waals surface area contributed by atoms with Gasteiger partial charge in [-0.05, 0) is 24.6 Å². The maximum Gasteiger partial charge on any atom is 0.147 e. The van der Waals surface area contributed by atoms with Crippen molar-refractivity contribution in [3.8, 4) is 10.6 Å². The van der Waals surface area contributed by atoms with Crippen LogP contribution in [0.4, 0.5) is 0 Å². The molecule has 0 bridgehead atoms. The van der Waals surface area contributed by atoms with Crippen molar-refractivity contribution < 1.29 is 0 Å². The van der Waals surface area contributed by atoms with Crippen LogP contribution in [0.3, 0.4) is 0 Å². The third kappa shape index (κ3) is 2.17. The topological polar surface area (TPSA) is 51.8 Å². The van der Waals surface area contributed by atoms with Crippen LogP contribution in [0, 0.1) is 6.92 Å². The number of nitrogens with two attached hydrogens (primary N) is 1. The van der Waals surface area contributed by atoms with Gasteiger partial charge in [-0.25, -0.2) is 0 Å². The zero-order chi connectivity index (χ0) is 10.8. The zero-order valence-corrected chi connectivity index (χ0v) is 9.77. The first-order chi connectivity index (χ1) is 7.20. The quantitative estimate of drug-likeness (QED) is 0.877. The summed E-state index contributed by atoms with van der Waals surface area (Å²) in [6.07, 6.45) is 0. The molecule has 2 N–H and O–H groups in total. The molecule has 0 radical (unpaired) electrons. The lowest BCUT2D eigenvalue weighted by molar-refractivity contribution is 0.960. The smallest absolute Gasteiger partial charge is 0.147 e. The monoisotopic (exact) mass is 239 g/mol. The molecular formula is C10H10ClN3S. The van der Waals surface area contributed by atoms with Crippen LogP contribution in [-0.2, 0) is 6.54 Å². The molecule has 0 unspecified atom stereocenters. The first kappa shape index (κ1) is 10.5. The highest BCUT2D eigenvalue weighted by Gasteiger charge is 2.06. The van der Waals surface area contributed by atoms with Gasteiger partial charge in [0, 0.05) is 17.1 Å². The van der Waals surface area contributed by atoms with E-state index in [0.29, 0.717) is 6.54 Å². The number of aromatic nitrogens is 2. The molecule has 2 aromatic rings. The Labute approximate surface area is 96.9 Å². The molecule has 0 aliphatic rings. The Morgan fingerprint density at radius 1 is 1.40 bits per heavy atom. The molecule has 0 saturated heterocycles. The van der Waals surface area contributed by atoms with Gasteiger partial charge >= 0.3 is 0 Å². The SMILES string of the molecule is Cc1cc(-c2nnc(CN)s2)ccc1Cl. The van der Waals surface area contributed by atoms with Gasteiger partial charge in [-0.15, -0.1) is 10.2 Å². The van der Waals surface area contributed by atoms with Gasteiger partial charge in [0.05, 0.1) is 0 Å². The molecule has 0 aliphatic heterocycles. The summed E-state index contributed by atoms with van der Waals surface area (Å²) in [7, 11) is 0. The van der Waals surface area contributed by atoms with Crippen LogP contribution in [0.2, 0.25) is 5.02 Å². The average molecular weight is 240 g/mol. The number of hydrogen-bond donors (Lipinski definition) is 1. The van der Waals surface area contributed by atoms with Crippen molar-refractivity contribution in [3.05, 3.63) is 33.8 Å². The van der Waals surface area contributed by atoms with E-state index in [2.05, 4.69) is 10.2 Å². The Hall–Kier alpha value is -0.970. The molecule has 78 valence electrons. The van der Waals surface area contributed by atoms with E-state index in [0.717, 1.165) is 26.2 Å². The molecule has 2 rings (SSSR count). The molecule has 0 aliphatic carbocycles. The second kappa shape index (κ2) is 4.26. The van der Waals surface area contributed by atoms with Crippen molar-refractivity contribution in [2.75, 3.05) is 0 Å². The Kier molecular flexibility index (Phi) is 3.00. The summed E-state index contributed by atoms with van der Waals surface area (Å²) in [5, 5.41) is 10.5. The molecule has 1 aromatic carbocycles. The highest BCUT2D eigenvalue weighted by Crippen LogP contribution is 2.26. The Morgan fingerprint density at radius 3 is 2.80 bits per heavy atom. The van der Waals surface area contributed by atoms with Crippen molar-refractivity contribution in [1.82, 2.24) is 10.2 Å². The van der Waals surface area contributed by atoms with Crippen molar-refractivity contribution in [3.63, 3.8) is 0 Å². The summed E-state index contributed by atoms with van der Waals surface area (Å²) in [6.45, 7) is 2.40. The van der Waals surface area contributed by atoms with E-state index in [1.807, 2.05) is 25.1 Å². The number of rotatable bonds is 2. The van der Waals surface area contributed by atoms with Gasteiger partial charge in [-0.2, -0.15) is 0 Å². The lowest BCUT2D eigenvalue weighted by atomic mass is 10.1. The van der Waals surface area contributed by atoms with Crippen LogP contribution < -0.4 is 5.73 Å². The second-order valence-corrected chi connectivity index (χ2v) is 4.64. The fourth-order valence-corrected chi connectivity index (χ4v) is 2.06. The minimum absolute atomic E-state index is 0.435. The molecule has 0 saturated carbocycles. The molecule has 0 fully saturated rings. The summed E-state index contributed by atoms with van der Waals surface area (Å²) >= 11 is 7.46. The molecule has 0 amide bonds. The van der Waals surface area contributed by atoms with Crippen molar-refractivity contribution in [2.45, 2.75) is 13.5 Å². The molecule has 15 heavy (non-hydrogen) atoms. The molecule has 1 heterocycles. The van der Waals surface area contributed by atoms with Crippen molar-refractivity contribution >= 4 is 22.9 Å². The predicted molar refractivity (Wildman–Crippen MR) is 63.0 cm³/mol. The fourth-order valence-electron chi connectivity index (χ4n) is 1.23. The van der Waals surface area contributed by atoms with Crippen molar-refractivity contribution in [2.24, 2.45) is 5.73 Å². The first-order valence-corrected chi connectivity index (χ1v) is 5.69. The third-order valence-corrected chi connectivity index (χ3v) is 3.47. The van der Waals surface area contributed by atoms with Crippen LogP contribution in [0.5, 0.6) is 0 Å². The maximum atomic E-state index is 5.95. The molecule has 5 heteroatoms. The molecule has 1 aromatic heterocycles. The second-order valence-electron chi connectivity index (χ2n) is 3.17. The van der Waals surface area contributed by atoms with Crippen LogP contribution in [0.25, 0.3) is 10.6 Å². The van der Waals surface area contributed by atoms with Gasteiger partial charge < -0.3 is 5.73 Å². The molecular weight excluding hydrogens is 230 g/mol. The average Bonchev–Trinajstić information content (AvgIpc) is 2.70. The summed E-state index contributed by atoms with van der Waals surface area (Å²) in [4.78, 5) is 0. The Bertz CT molecular complexity index is 481. The third-order valence-electron chi connectivity index (χ3n) is 2.05. The van der Waals surface area contributed by atoms with Gasteiger partial charge in [-0.1, -0.05) is 29.0 Å². The minimum atomic E-state index is 0.435. The van der Waals surface area contributed by atoms with Crippen molar-refractivity contribution in [1.29, 1.82) is 0 Å². The van der Waals surface area contributed by atoms with E-state index < -0.39 is 0 Å². The lowest BCUT2D eigenvalue weighted by Crippen LogP contribution is -1.94. The number of halogens is 1. The zero-order valence-electron chi connectivity index (χ0n) is 8.20. The molecule has 0 atom stereocenters. The van der Waals surface area contributed by atoms with Crippen LogP contribution in [0.15, 0.2) is 18.2 Å². The standard InChI is InChI=1S/C10H10ClN3S/c1-6-4-7(2-3-8(6)11)10-14-13-9(5-12)15-10/h2-4H,5,12H2,1H3. The number of benzene rings is 1. The fraction of sp³-hybridized carbons (Fsp3) is 0.200. The van der Waals surface area contributed by atoms with Gasteiger partial charge in [0.2, 0.25) is 0 Å². The van der Waals surface area contributed by atoms with Crippen LogP contribution in [-0.4, -0.2) is 10.2 Å². The van der Waals surface area contributed by atoms with E-state index in [1.54, 1.807) is 0 Å². The predicted octanol–water partition coefficient (Wildman–Crippen LogP) is 2.63. The van der Waals surface area contributed by atoms with Gasteiger partial charge in [0.25, 0.3) is 0 Å². The molecule has 3 nitrogen and oxygen atoms in total. The highest BCUT2D eigenvalue weighted by atomic mass is 35.5. The minimum Gasteiger partial charge on any atom is -0.324 e. The van der Waals surface area contributed by atoms with Crippen LogP contribution >= 0.6 is 22.9 Å². The largest absolute Gasteiger partial charge is 0.324 e.